The van der Waals surface area contributed by atoms with Crippen molar-refractivity contribution in [2.45, 2.75) is 19.4 Å². The predicted octanol–water partition coefficient (Wildman–Crippen LogP) is 0.687. The lowest BCUT2D eigenvalue weighted by molar-refractivity contribution is 0.0525. The number of anilines is 1. The number of likely N-dealkylation sites (N-methyl/N-ethyl adjacent to an activating group) is 1. The summed E-state index contributed by atoms with van der Waals surface area (Å²) in [5.74, 6) is -0.394. The maximum absolute atomic E-state index is 12.3. The molecular weight excluding hydrogens is 402 g/mol. The number of carbonyl (C=O) groups is 1. The number of fused-ring (bicyclic) bond motifs is 2. The summed E-state index contributed by atoms with van der Waals surface area (Å²) in [6.07, 6.45) is 4.68. The molecule has 1 unspecified atom stereocenters. The van der Waals surface area contributed by atoms with Crippen LogP contribution in [0.25, 0.3) is 11.9 Å². The third-order valence-corrected chi connectivity index (χ3v) is 6.44. The van der Waals surface area contributed by atoms with Crippen molar-refractivity contribution in [2.75, 3.05) is 52.3 Å². The van der Waals surface area contributed by atoms with Crippen molar-refractivity contribution in [3.8, 4) is 0 Å². The highest BCUT2D eigenvalue weighted by atomic mass is 32.1. The Balaban J connectivity index is 1.80. The van der Waals surface area contributed by atoms with Gasteiger partial charge in [0.05, 0.1) is 17.7 Å². The summed E-state index contributed by atoms with van der Waals surface area (Å²) in [6, 6.07) is 4.33. The molecule has 2 aliphatic heterocycles. The summed E-state index contributed by atoms with van der Waals surface area (Å²) in [5.41, 5.74) is 1.72. The zero-order valence-corrected chi connectivity index (χ0v) is 18.4. The number of pyridine rings is 1. The normalized spacial score (nSPS) is 18.7. The number of carbonyl (C=O) groups excluding carboxylic acids is 1. The molecule has 0 bridgehead atoms. The highest BCUT2D eigenvalue weighted by molar-refractivity contribution is 7.17. The average molecular weight is 430 g/mol. The largest absolute Gasteiger partial charge is 0.461 e. The molecule has 2 aromatic rings. The predicted molar refractivity (Wildman–Crippen MR) is 117 cm³/mol. The van der Waals surface area contributed by atoms with Gasteiger partial charge in [-0.2, -0.15) is 0 Å². The van der Waals surface area contributed by atoms with E-state index in [4.69, 9.17) is 19.4 Å². The van der Waals surface area contributed by atoms with E-state index < -0.39 is 5.97 Å². The molecule has 9 heteroatoms. The second-order valence-electron chi connectivity index (χ2n) is 7.36. The fraction of sp³-hybridized carbons (Fsp3) is 0.476. The van der Waals surface area contributed by atoms with Gasteiger partial charge in [-0.05, 0) is 32.5 Å². The minimum absolute atomic E-state index is 0.323. The molecule has 0 aromatic carbocycles. The van der Waals surface area contributed by atoms with Gasteiger partial charge in [-0.15, -0.1) is 0 Å². The van der Waals surface area contributed by atoms with Gasteiger partial charge in [0.2, 0.25) is 5.01 Å². The molecule has 1 fully saturated rings. The van der Waals surface area contributed by atoms with Gasteiger partial charge in [0.1, 0.15) is 10.7 Å². The SMILES string of the molecule is CCOC(=O)c1nc2c(s1)NC=c1cccnc1=C2N1CCN(C)C(CCOC)C1. The van der Waals surface area contributed by atoms with Gasteiger partial charge in [0, 0.05) is 57.0 Å². The number of aromatic nitrogens is 2. The van der Waals surface area contributed by atoms with Gasteiger partial charge in [0.15, 0.2) is 0 Å². The second kappa shape index (κ2) is 9.11. The van der Waals surface area contributed by atoms with Crippen LogP contribution in [-0.4, -0.2) is 78.8 Å². The number of hydrogen-bond donors (Lipinski definition) is 1. The number of hydrogen-bond acceptors (Lipinski definition) is 9. The van der Waals surface area contributed by atoms with Gasteiger partial charge >= 0.3 is 5.97 Å². The van der Waals surface area contributed by atoms with Gasteiger partial charge in [-0.25, -0.2) is 9.78 Å². The average Bonchev–Trinajstić information content (AvgIpc) is 3.11. The fourth-order valence-electron chi connectivity index (χ4n) is 3.86. The second-order valence-corrected chi connectivity index (χ2v) is 8.36. The van der Waals surface area contributed by atoms with E-state index in [1.54, 1.807) is 20.2 Å². The Kier molecular flexibility index (Phi) is 6.31. The maximum Gasteiger partial charge on any atom is 0.367 e. The number of nitrogens with one attached hydrogen (secondary N) is 1. The lowest BCUT2D eigenvalue weighted by Crippen LogP contribution is -2.52. The van der Waals surface area contributed by atoms with Gasteiger partial charge in [-0.3, -0.25) is 9.88 Å². The van der Waals surface area contributed by atoms with Crippen molar-refractivity contribution in [1.82, 2.24) is 19.8 Å². The van der Waals surface area contributed by atoms with Crippen molar-refractivity contribution in [2.24, 2.45) is 0 Å². The molecule has 2 aromatic heterocycles. The van der Waals surface area contributed by atoms with Crippen LogP contribution < -0.4 is 15.9 Å². The third kappa shape index (κ3) is 4.05. The molecule has 0 spiro atoms. The molecular formula is C21H27N5O3S. The number of methoxy groups -OCH3 is 1. The Labute approximate surface area is 179 Å². The number of thiazole rings is 1. The van der Waals surface area contributed by atoms with Crippen LogP contribution in [0.1, 0.15) is 28.8 Å². The van der Waals surface area contributed by atoms with Crippen LogP contribution >= 0.6 is 11.3 Å². The number of nitrogens with zero attached hydrogens (tertiary/aromatic N) is 4. The van der Waals surface area contributed by atoms with E-state index in [1.807, 2.05) is 18.3 Å². The van der Waals surface area contributed by atoms with E-state index in [0.717, 1.165) is 59.6 Å². The zero-order chi connectivity index (χ0) is 21.1. The van der Waals surface area contributed by atoms with Crippen molar-refractivity contribution in [3.05, 3.63) is 39.6 Å². The van der Waals surface area contributed by atoms with E-state index in [9.17, 15) is 4.79 Å². The van der Waals surface area contributed by atoms with Crippen LogP contribution in [0.3, 0.4) is 0 Å². The molecule has 1 atom stereocenters. The van der Waals surface area contributed by atoms with Gasteiger partial charge in [0.25, 0.3) is 0 Å². The number of rotatable bonds is 6. The standard InChI is InChI=1S/C21H27N5O3S/c1-4-29-21(27)20-24-17-18(26-10-9-25(2)15(13-26)7-11-28-3)16-14(6-5-8-22-16)12-23-19(17)30-20/h5-6,8,12,15,23H,4,7,9-11,13H2,1-3H3. The van der Waals surface area contributed by atoms with Crippen molar-refractivity contribution in [3.63, 3.8) is 0 Å². The first kappa shape index (κ1) is 20.8. The van der Waals surface area contributed by atoms with Crippen LogP contribution in [0.15, 0.2) is 18.3 Å². The summed E-state index contributed by atoms with van der Waals surface area (Å²) in [4.78, 5) is 26.4. The van der Waals surface area contributed by atoms with Crippen LogP contribution in [-0.2, 0) is 9.47 Å². The molecule has 2 aliphatic rings. The summed E-state index contributed by atoms with van der Waals surface area (Å²) in [7, 11) is 3.89. The topological polar surface area (TPSA) is 79.8 Å². The summed E-state index contributed by atoms with van der Waals surface area (Å²) < 4.78 is 10.5. The first-order valence-corrected chi connectivity index (χ1v) is 11.0. The molecule has 4 heterocycles. The third-order valence-electron chi connectivity index (χ3n) is 5.47. The lowest BCUT2D eigenvalue weighted by atomic mass is 10.1. The van der Waals surface area contributed by atoms with E-state index in [-0.39, 0.29) is 0 Å². The molecule has 0 aliphatic carbocycles. The molecule has 4 rings (SSSR count). The summed E-state index contributed by atoms with van der Waals surface area (Å²) >= 11 is 1.32. The highest BCUT2D eigenvalue weighted by Crippen LogP contribution is 2.33. The van der Waals surface area contributed by atoms with E-state index in [1.165, 1.54) is 11.3 Å². The molecule has 0 radical (unpaired) electrons. The van der Waals surface area contributed by atoms with Crippen LogP contribution in [0.4, 0.5) is 5.00 Å². The first-order chi connectivity index (χ1) is 14.6. The highest BCUT2D eigenvalue weighted by Gasteiger charge is 2.30. The van der Waals surface area contributed by atoms with Crippen LogP contribution in [0.5, 0.6) is 0 Å². The van der Waals surface area contributed by atoms with E-state index in [0.29, 0.717) is 17.7 Å². The first-order valence-electron chi connectivity index (χ1n) is 10.2. The minimum Gasteiger partial charge on any atom is -0.461 e. The monoisotopic (exact) mass is 429 g/mol. The molecule has 8 nitrogen and oxygen atoms in total. The quantitative estimate of drug-likeness (QED) is 0.672. The summed E-state index contributed by atoms with van der Waals surface area (Å²) in [5, 5.41) is 6.39. The molecule has 1 N–H and O–H groups in total. The Morgan fingerprint density at radius 1 is 1.40 bits per heavy atom. The molecule has 1 saturated heterocycles. The molecule has 30 heavy (non-hydrogen) atoms. The Bertz CT molecular complexity index is 1040. The Morgan fingerprint density at radius 2 is 2.27 bits per heavy atom. The Morgan fingerprint density at radius 3 is 3.07 bits per heavy atom. The van der Waals surface area contributed by atoms with Crippen molar-refractivity contribution < 1.29 is 14.3 Å². The van der Waals surface area contributed by atoms with Crippen molar-refractivity contribution in [1.29, 1.82) is 0 Å². The molecule has 0 saturated carbocycles. The minimum atomic E-state index is -0.394. The van der Waals surface area contributed by atoms with E-state index in [2.05, 4.69) is 22.2 Å². The van der Waals surface area contributed by atoms with Gasteiger partial charge in [-0.1, -0.05) is 11.3 Å². The summed E-state index contributed by atoms with van der Waals surface area (Å²) in [6.45, 7) is 5.47. The maximum atomic E-state index is 12.3. The number of piperazine rings is 1. The van der Waals surface area contributed by atoms with E-state index >= 15 is 0 Å². The smallest absolute Gasteiger partial charge is 0.367 e. The number of esters is 1. The molecule has 160 valence electrons. The lowest BCUT2D eigenvalue weighted by Gasteiger charge is -2.41. The van der Waals surface area contributed by atoms with Gasteiger partial charge < -0.3 is 19.7 Å². The fourth-order valence-corrected chi connectivity index (χ4v) is 4.69. The Hall–Kier alpha value is -2.49. The van der Waals surface area contributed by atoms with Crippen LogP contribution in [0.2, 0.25) is 0 Å². The van der Waals surface area contributed by atoms with Crippen LogP contribution in [0, 0.1) is 0 Å². The van der Waals surface area contributed by atoms with Crippen molar-refractivity contribution >= 4 is 34.2 Å². The molecule has 0 amide bonds. The number of ether oxygens (including phenoxy) is 2. The zero-order valence-electron chi connectivity index (χ0n) is 17.6.